The molecule has 5 nitrogen and oxygen atoms in total. The predicted octanol–water partition coefficient (Wildman–Crippen LogP) is -4.78. The molecule has 9 heteroatoms. The third kappa shape index (κ3) is 179. The van der Waals surface area contributed by atoms with E-state index in [4.69, 9.17) is 19.2 Å². The minimum atomic E-state index is -4.61. The van der Waals surface area contributed by atoms with Gasteiger partial charge in [0.25, 0.3) is 0 Å². The van der Waals surface area contributed by atoms with Crippen molar-refractivity contribution in [3.05, 3.63) is 0 Å². The van der Waals surface area contributed by atoms with Crippen molar-refractivity contribution >= 4 is 49.5 Å². The quantitative estimate of drug-likeness (QED) is 0.311. The molecule has 0 saturated carbocycles. The Labute approximate surface area is 93.6 Å². The van der Waals surface area contributed by atoms with Gasteiger partial charge in [-0.3, -0.25) is 0 Å². The van der Waals surface area contributed by atoms with E-state index in [0.29, 0.717) is 0 Å². The maximum absolute atomic E-state index is 7.33. The fourth-order valence-corrected chi connectivity index (χ4v) is 0. The molecule has 0 aromatic rings. The largest absolute Gasteiger partial charge is 2.00 e. The van der Waals surface area contributed by atoms with Crippen LogP contribution in [-0.2, 0) is 17.1 Å². The molecule has 0 aromatic carbocycles. The van der Waals surface area contributed by atoms with E-state index in [-0.39, 0.29) is 65.8 Å². The Morgan fingerprint density at radius 1 is 1.00 bits per heavy atom. The van der Waals surface area contributed by atoms with Crippen molar-refractivity contribution in [2.45, 2.75) is 0 Å². The first kappa shape index (κ1) is 30.8. The second-order valence-electron chi connectivity index (χ2n) is 0.600. The zero-order chi connectivity index (χ0) is 4.50. The van der Waals surface area contributed by atoms with Crippen molar-refractivity contribution in [2.24, 2.45) is 0 Å². The third-order valence-corrected chi connectivity index (χ3v) is 0. The molecule has 0 bridgehead atoms. The van der Waals surface area contributed by atoms with Crippen molar-refractivity contribution in [3.63, 3.8) is 0 Å². The van der Waals surface area contributed by atoms with Gasteiger partial charge in [-0.15, -0.1) is 0 Å². The zero-order valence-electron chi connectivity index (χ0n) is 5.85. The maximum atomic E-state index is 7.33. The molecular formula is H11AlFeMgO5Si. The Kier molecular flexibility index (Phi) is 42.8. The van der Waals surface area contributed by atoms with Crippen LogP contribution in [0.4, 0.5) is 0 Å². The van der Waals surface area contributed by atoms with E-state index >= 15 is 0 Å². The van der Waals surface area contributed by atoms with Crippen LogP contribution in [0.3, 0.4) is 0 Å². The van der Waals surface area contributed by atoms with E-state index in [2.05, 4.69) is 0 Å². The summed E-state index contributed by atoms with van der Waals surface area (Å²) in [6, 6.07) is 0. The number of rotatable bonds is 0. The fraction of sp³-hybridized carbons (Fsp3) is 0. The maximum Gasteiger partial charge on any atom is 2.00 e. The zero-order valence-corrected chi connectivity index (χ0v) is 7.37. The smallest absolute Gasteiger partial charge is 1.00 e. The summed E-state index contributed by atoms with van der Waals surface area (Å²) >= 11 is 0. The SMILES string of the molecule is O.O[Si](O)(O)O.[AlH3].[Fe].[H-].[H-].[Mg+2]. The second-order valence-corrected chi connectivity index (χ2v) is 1.80. The molecule has 0 fully saturated rings. The normalized spacial score (nSPS) is 6.67. The first-order valence-corrected chi connectivity index (χ1v) is 2.68. The first-order valence-electron chi connectivity index (χ1n) is 0.894. The Morgan fingerprint density at radius 3 is 1.00 bits per heavy atom. The Hall–Kier alpha value is 1.84. The van der Waals surface area contributed by atoms with E-state index < -0.39 is 9.05 Å². The van der Waals surface area contributed by atoms with Gasteiger partial charge in [-0.25, -0.2) is 0 Å². The van der Waals surface area contributed by atoms with Crippen molar-refractivity contribution in [2.75, 3.05) is 0 Å². The average molecular weight is 226 g/mol. The monoisotopic (exact) mass is 226 g/mol. The Bertz CT molecular complexity index is 40.0. The van der Waals surface area contributed by atoms with Gasteiger partial charge in [0.1, 0.15) is 0 Å². The van der Waals surface area contributed by atoms with Crippen LogP contribution in [0, 0.1) is 0 Å². The molecule has 0 amide bonds. The van der Waals surface area contributed by atoms with Crippen LogP contribution in [0.2, 0.25) is 0 Å². The van der Waals surface area contributed by atoms with E-state index in [1.54, 1.807) is 0 Å². The van der Waals surface area contributed by atoms with Crippen molar-refractivity contribution in [3.8, 4) is 0 Å². The minimum Gasteiger partial charge on any atom is -1.00 e. The topological polar surface area (TPSA) is 112 Å². The van der Waals surface area contributed by atoms with Crippen molar-refractivity contribution in [1.82, 2.24) is 0 Å². The molecule has 0 aliphatic heterocycles. The summed E-state index contributed by atoms with van der Waals surface area (Å²) in [5.74, 6) is 0. The average Bonchev–Trinajstić information content (AvgIpc) is 0.722. The molecule has 0 spiro atoms. The molecule has 0 unspecified atom stereocenters. The van der Waals surface area contributed by atoms with Crippen LogP contribution in [0.1, 0.15) is 2.85 Å². The summed E-state index contributed by atoms with van der Waals surface area (Å²) in [6.45, 7) is 0. The van der Waals surface area contributed by atoms with Gasteiger partial charge in [0.2, 0.25) is 0 Å². The van der Waals surface area contributed by atoms with Gasteiger partial charge in [-0.2, -0.15) is 0 Å². The third-order valence-electron chi connectivity index (χ3n) is 0. The molecule has 0 atom stereocenters. The van der Waals surface area contributed by atoms with Gasteiger partial charge in [0.05, 0.1) is 0 Å². The summed E-state index contributed by atoms with van der Waals surface area (Å²) in [5.41, 5.74) is 0. The Morgan fingerprint density at radius 2 is 1.00 bits per heavy atom. The molecule has 6 N–H and O–H groups in total. The summed E-state index contributed by atoms with van der Waals surface area (Å²) in [6.07, 6.45) is 0. The van der Waals surface area contributed by atoms with E-state index in [0.717, 1.165) is 0 Å². The van der Waals surface area contributed by atoms with Gasteiger partial charge < -0.3 is 27.5 Å². The molecule has 0 heterocycles. The molecule has 0 saturated heterocycles. The standard InChI is InChI=1S/Al.Fe.Mg.H4O4Si.H2O.5H/c;;;1-5(2,3)4;;;;;;/h;;;1-4H;1H2;;;;;/q;;+2;;;;;;2*-1. The Balaban J connectivity index is -0.00000000533. The van der Waals surface area contributed by atoms with Crippen molar-refractivity contribution in [1.29, 1.82) is 0 Å². The molecule has 0 aromatic heterocycles. The number of hydrogen-bond acceptors (Lipinski definition) is 4. The van der Waals surface area contributed by atoms with Crippen LogP contribution in [0.25, 0.3) is 0 Å². The molecule has 0 rings (SSSR count). The molecule has 9 heavy (non-hydrogen) atoms. The van der Waals surface area contributed by atoms with Crippen LogP contribution in [0.15, 0.2) is 0 Å². The molecule has 0 aliphatic carbocycles. The van der Waals surface area contributed by atoms with Crippen LogP contribution in [0.5, 0.6) is 0 Å². The van der Waals surface area contributed by atoms with E-state index in [9.17, 15) is 0 Å². The fourth-order valence-electron chi connectivity index (χ4n) is 0. The number of hydrogen-bond donors (Lipinski definition) is 4. The van der Waals surface area contributed by atoms with Gasteiger partial charge in [0.15, 0.2) is 17.4 Å². The van der Waals surface area contributed by atoms with Crippen LogP contribution >= 0.6 is 0 Å². The van der Waals surface area contributed by atoms with Crippen molar-refractivity contribution < 1.29 is 44.6 Å². The van der Waals surface area contributed by atoms with Gasteiger partial charge in [-0.1, -0.05) is 0 Å². The minimum absolute atomic E-state index is 0. The summed E-state index contributed by atoms with van der Waals surface area (Å²) in [7, 11) is -4.61. The molecule has 58 valence electrons. The molecular weight excluding hydrogens is 215 g/mol. The molecule has 0 aliphatic rings. The second kappa shape index (κ2) is 12.5. The van der Waals surface area contributed by atoms with E-state index in [1.165, 1.54) is 0 Å². The van der Waals surface area contributed by atoms with Gasteiger partial charge in [-0.05, 0) is 0 Å². The summed E-state index contributed by atoms with van der Waals surface area (Å²) in [5, 5.41) is 0. The molecule has 0 radical (unpaired) electrons. The predicted molar refractivity (Wildman–Crippen MR) is 36.2 cm³/mol. The summed E-state index contributed by atoms with van der Waals surface area (Å²) in [4.78, 5) is 29.3. The first-order chi connectivity index (χ1) is 2.00. The van der Waals surface area contributed by atoms with Gasteiger partial charge in [0, 0.05) is 17.1 Å². The van der Waals surface area contributed by atoms with E-state index in [1.807, 2.05) is 0 Å². The van der Waals surface area contributed by atoms with Gasteiger partial charge >= 0.3 is 32.1 Å². The van der Waals surface area contributed by atoms with Crippen LogP contribution < -0.4 is 0 Å². The van der Waals surface area contributed by atoms with Crippen LogP contribution in [-0.4, -0.2) is 74.1 Å². The summed E-state index contributed by atoms with van der Waals surface area (Å²) < 4.78 is 0.